The number of nitrogen functional groups attached to an aromatic ring is 1. The van der Waals surface area contributed by atoms with E-state index in [1.165, 1.54) is 10.5 Å². The molecule has 6 rings (SSSR count). The Bertz CT molecular complexity index is 1280. The van der Waals surface area contributed by atoms with Gasteiger partial charge in [-0.3, -0.25) is 4.68 Å². The molecule has 1 saturated heterocycles. The third kappa shape index (κ3) is 3.06. The molecule has 0 spiro atoms. The van der Waals surface area contributed by atoms with Crippen LogP contribution in [0.25, 0.3) is 33.4 Å². The van der Waals surface area contributed by atoms with Gasteiger partial charge in [-0.15, -0.1) is 11.8 Å². The number of aromatic nitrogens is 3. The number of rotatable bonds is 3. The van der Waals surface area contributed by atoms with E-state index >= 15 is 0 Å². The number of nitrogens with two attached hydrogens (primary N) is 1. The molecule has 2 aliphatic rings. The van der Waals surface area contributed by atoms with Gasteiger partial charge in [0.05, 0.1) is 12.2 Å². The van der Waals surface area contributed by atoms with Crippen molar-refractivity contribution in [2.24, 2.45) is 0 Å². The van der Waals surface area contributed by atoms with Gasteiger partial charge in [-0.1, -0.05) is 18.2 Å². The van der Waals surface area contributed by atoms with Gasteiger partial charge in [0.25, 0.3) is 0 Å². The van der Waals surface area contributed by atoms with Gasteiger partial charge >= 0.3 is 0 Å². The maximum Gasteiger partial charge on any atom is 0.177 e. The van der Waals surface area contributed by atoms with Crippen molar-refractivity contribution >= 4 is 28.5 Å². The number of thioether (sulfide) groups is 1. The van der Waals surface area contributed by atoms with Crippen LogP contribution in [0.3, 0.4) is 0 Å². The van der Waals surface area contributed by atoms with E-state index in [4.69, 9.17) is 10.2 Å². The normalized spacial score (nSPS) is 16.8. The summed E-state index contributed by atoms with van der Waals surface area (Å²) in [4.78, 5) is 5.79. The number of piperidine rings is 1. The first-order valence-corrected chi connectivity index (χ1v) is 11.9. The zero-order valence-electron chi connectivity index (χ0n) is 17.5. The molecule has 6 nitrogen and oxygen atoms in total. The second-order valence-corrected chi connectivity index (χ2v) is 9.51. The number of nitrogens with zero attached hydrogens (tertiary/aromatic N) is 3. The number of benzene rings is 1. The van der Waals surface area contributed by atoms with Crippen LogP contribution >= 0.6 is 11.8 Å². The van der Waals surface area contributed by atoms with E-state index in [-0.39, 0.29) is 0 Å². The predicted molar refractivity (Wildman–Crippen MR) is 125 cm³/mol. The highest BCUT2D eigenvalue weighted by atomic mass is 32.2. The third-order valence-corrected chi connectivity index (χ3v) is 7.71. The van der Waals surface area contributed by atoms with Crippen molar-refractivity contribution in [3.05, 3.63) is 47.9 Å². The third-order valence-electron chi connectivity index (χ3n) is 6.54. The summed E-state index contributed by atoms with van der Waals surface area (Å²) in [7, 11) is 0. The number of furan rings is 1. The standard InChI is InChI=1S/C24H25N5OS/c1-14-20-19(16-11-28-29(13-16)17-5-8-26-9-6-17)12-27-24(25)22(20)30-21(14)18-4-2-3-15-7-10-31-23(15)18/h2-4,11-13,17,26H,5-10H2,1H3,(H2,25,27). The molecule has 0 unspecified atom stereocenters. The predicted octanol–water partition coefficient (Wildman–Crippen LogP) is 4.82. The van der Waals surface area contributed by atoms with Crippen molar-refractivity contribution in [1.82, 2.24) is 20.1 Å². The van der Waals surface area contributed by atoms with Crippen molar-refractivity contribution in [2.75, 3.05) is 24.6 Å². The molecule has 0 bridgehead atoms. The molecular weight excluding hydrogens is 406 g/mol. The number of anilines is 1. The molecule has 5 heterocycles. The van der Waals surface area contributed by atoms with Gasteiger partial charge in [0.15, 0.2) is 11.4 Å². The van der Waals surface area contributed by atoms with Crippen molar-refractivity contribution in [3.63, 3.8) is 0 Å². The first-order chi connectivity index (χ1) is 15.2. The highest BCUT2D eigenvalue weighted by Gasteiger charge is 2.24. The number of pyridine rings is 1. The first kappa shape index (κ1) is 19.0. The van der Waals surface area contributed by atoms with Gasteiger partial charge in [-0.25, -0.2) is 4.98 Å². The van der Waals surface area contributed by atoms with Crippen LogP contribution in [0.15, 0.2) is 46.1 Å². The Balaban J connectivity index is 1.49. The molecule has 7 heteroatoms. The Labute approximate surface area is 185 Å². The number of hydrogen-bond donors (Lipinski definition) is 2. The molecule has 0 atom stereocenters. The zero-order valence-corrected chi connectivity index (χ0v) is 18.3. The quantitative estimate of drug-likeness (QED) is 0.484. The molecular formula is C24H25N5OS. The molecule has 0 radical (unpaired) electrons. The van der Waals surface area contributed by atoms with E-state index in [1.807, 2.05) is 24.2 Å². The minimum absolute atomic E-state index is 0.430. The van der Waals surface area contributed by atoms with Gasteiger partial charge in [0.2, 0.25) is 0 Å². The molecule has 31 heavy (non-hydrogen) atoms. The fraction of sp³-hybridized carbons (Fsp3) is 0.333. The lowest BCUT2D eigenvalue weighted by atomic mass is 10.00. The highest BCUT2D eigenvalue weighted by Crippen LogP contribution is 2.45. The second kappa shape index (κ2) is 7.43. The summed E-state index contributed by atoms with van der Waals surface area (Å²) in [6, 6.07) is 6.93. The topological polar surface area (TPSA) is 81.9 Å². The lowest BCUT2D eigenvalue weighted by Crippen LogP contribution is -2.29. The number of nitrogens with one attached hydrogen (secondary N) is 1. The van der Waals surface area contributed by atoms with Crippen LogP contribution in [0.2, 0.25) is 0 Å². The summed E-state index contributed by atoms with van der Waals surface area (Å²) in [6.07, 6.45) is 9.25. The fourth-order valence-electron chi connectivity index (χ4n) is 4.89. The lowest BCUT2D eigenvalue weighted by Gasteiger charge is -2.22. The van der Waals surface area contributed by atoms with E-state index in [2.05, 4.69) is 51.4 Å². The molecule has 0 saturated carbocycles. The van der Waals surface area contributed by atoms with Crippen LogP contribution in [-0.4, -0.2) is 33.6 Å². The van der Waals surface area contributed by atoms with Gasteiger partial charge in [0, 0.05) is 50.7 Å². The Morgan fingerprint density at radius 2 is 2.06 bits per heavy atom. The number of hydrogen-bond acceptors (Lipinski definition) is 6. The van der Waals surface area contributed by atoms with Crippen LogP contribution in [-0.2, 0) is 6.42 Å². The van der Waals surface area contributed by atoms with Gasteiger partial charge < -0.3 is 15.5 Å². The molecule has 4 aromatic rings. The van der Waals surface area contributed by atoms with Crippen LogP contribution in [0.4, 0.5) is 5.82 Å². The van der Waals surface area contributed by atoms with Gasteiger partial charge in [-0.05, 0) is 44.8 Å². The Hall–Kier alpha value is -2.77. The minimum atomic E-state index is 0.430. The summed E-state index contributed by atoms with van der Waals surface area (Å²) in [6.45, 7) is 4.20. The Kier molecular flexibility index (Phi) is 4.54. The van der Waals surface area contributed by atoms with Gasteiger partial charge in [0.1, 0.15) is 5.76 Å². The van der Waals surface area contributed by atoms with Crippen LogP contribution in [0.5, 0.6) is 0 Å². The van der Waals surface area contributed by atoms with E-state index in [1.54, 1.807) is 0 Å². The molecule has 2 aliphatic heterocycles. The molecule has 158 valence electrons. The monoisotopic (exact) mass is 431 g/mol. The van der Waals surface area contributed by atoms with Gasteiger partial charge in [-0.2, -0.15) is 5.10 Å². The lowest BCUT2D eigenvalue weighted by molar-refractivity contribution is 0.343. The molecule has 1 aromatic carbocycles. The largest absolute Gasteiger partial charge is 0.452 e. The summed E-state index contributed by atoms with van der Waals surface area (Å²) in [5.41, 5.74) is 12.7. The van der Waals surface area contributed by atoms with E-state index in [0.717, 1.165) is 71.5 Å². The summed E-state index contributed by atoms with van der Waals surface area (Å²) in [5, 5.41) is 9.14. The first-order valence-electron chi connectivity index (χ1n) is 10.9. The average molecular weight is 432 g/mol. The zero-order chi connectivity index (χ0) is 20.9. The van der Waals surface area contributed by atoms with E-state index in [0.29, 0.717) is 17.4 Å². The minimum Gasteiger partial charge on any atom is -0.452 e. The van der Waals surface area contributed by atoms with Crippen LogP contribution < -0.4 is 11.1 Å². The van der Waals surface area contributed by atoms with Crippen molar-refractivity contribution < 1.29 is 4.42 Å². The smallest absolute Gasteiger partial charge is 0.177 e. The molecule has 0 amide bonds. The maximum absolute atomic E-state index is 6.39. The van der Waals surface area contributed by atoms with E-state index < -0.39 is 0 Å². The maximum atomic E-state index is 6.39. The molecule has 3 N–H and O–H groups in total. The Morgan fingerprint density at radius 3 is 2.94 bits per heavy atom. The fourth-order valence-corrected chi connectivity index (χ4v) is 6.09. The number of fused-ring (bicyclic) bond motifs is 2. The van der Waals surface area contributed by atoms with Crippen LogP contribution in [0.1, 0.15) is 30.0 Å². The molecule has 0 aliphatic carbocycles. The van der Waals surface area contributed by atoms with Crippen molar-refractivity contribution in [1.29, 1.82) is 0 Å². The summed E-state index contributed by atoms with van der Waals surface area (Å²) < 4.78 is 8.50. The van der Waals surface area contributed by atoms with Crippen LogP contribution in [0, 0.1) is 6.92 Å². The van der Waals surface area contributed by atoms with Crippen molar-refractivity contribution in [3.8, 4) is 22.5 Å². The number of aryl methyl sites for hydroxylation is 2. The molecule has 1 fully saturated rings. The van der Waals surface area contributed by atoms with E-state index in [9.17, 15) is 0 Å². The highest BCUT2D eigenvalue weighted by molar-refractivity contribution is 7.99. The van der Waals surface area contributed by atoms with Crippen molar-refractivity contribution in [2.45, 2.75) is 37.1 Å². The summed E-state index contributed by atoms with van der Waals surface area (Å²) in [5.74, 6) is 2.45. The molecule has 3 aromatic heterocycles. The summed E-state index contributed by atoms with van der Waals surface area (Å²) >= 11 is 1.91. The average Bonchev–Trinajstić information content (AvgIpc) is 3.54. The second-order valence-electron chi connectivity index (χ2n) is 8.40. The Morgan fingerprint density at radius 1 is 1.19 bits per heavy atom. The SMILES string of the molecule is Cc1c(-c2cccc3c2SCC3)oc2c(N)ncc(-c3cnn(C4CCNCC4)c3)c12.